The molecule has 1 atom stereocenters. The Morgan fingerprint density at radius 1 is 0.917 bits per heavy atom. The van der Waals surface area contributed by atoms with Crippen LogP contribution < -0.4 is 10.1 Å². The highest BCUT2D eigenvalue weighted by Crippen LogP contribution is 2.30. The van der Waals surface area contributed by atoms with Gasteiger partial charge in [0, 0.05) is 18.3 Å². The summed E-state index contributed by atoms with van der Waals surface area (Å²) in [6, 6.07) is 17.1. The Kier molecular flexibility index (Phi) is 5.32. The highest BCUT2D eigenvalue weighted by atomic mass is 35.5. The molecule has 0 amide bonds. The van der Waals surface area contributed by atoms with Crippen LogP contribution in [0.5, 0.6) is 11.5 Å². The molecule has 0 saturated carbocycles. The van der Waals surface area contributed by atoms with Crippen molar-refractivity contribution in [2.24, 2.45) is 5.92 Å². The number of ether oxygens (including phenoxy) is 1. The summed E-state index contributed by atoms with van der Waals surface area (Å²) in [5, 5.41) is 3.71. The van der Waals surface area contributed by atoms with Crippen molar-refractivity contribution < 1.29 is 4.74 Å². The molecule has 24 heavy (non-hydrogen) atoms. The van der Waals surface area contributed by atoms with E-state index in [1.54, 1.807) is 0 Å². The normalized spacial score (nSPS) is 25.0. The maximum absolute atomic E-state index is 5.89. The van der Waals surface area contributed by atoms with Gasteiger partial charge in [-0.1, -0.05) is 17.7 Å². The van der Waals surface area contributed by atoms with Crippen molar-refractivity contribution in [1.82, 2.24) is 4.90 Å². The van der Waals surface area contributed by atoms with E-state index in [-0.39, 0.29) is 12.4 Å². The summed E-state index contributed by atoms with van der Waals surface area (Å²) >= 11 is 0. The number of anilines is 1. The lowest BCUT2D eigenvalue weighted by Crippen LogP contribution is -2.53. The molecule has 2 bridgehead atoms. The van der Waals surface area contributed by atoms with Gasteiger partial charge in [-0.15, -0.1) is 12.4 Å². The zero-order valence-corrected chi connectivity index (χ0v) is 14.9. The highest BCUT2D eigenvalue weighted by molar-refractivity contribution is 5.85. The molecule has 4 heteroatoms. The lowest BCUT2D eigenvalue weighted by molar-refractivity contribution is 0.0975. The molecule has 3 saturated heterocycles. The number of halogens is 1. The number of rotatable bonds is 4. The maximum Gasteiger partial charge on any atom is 0.127 e. The predicted molar refractivity (Wildman–Crippen MR) is 102 cm³/mol. The van der Waals surface area contributed by atoms with Crippen LogP contribution in [0.1, 0.15) is 18.4 Å². The Balaban J connectivity index is 0.00000169. The van der Waals surface area contributed by atoms with Crippen LogP contribution in [0.25, 0.3) is 0 Å². The van der Waals surface area contributed by atoms with Crippen LogP contribution >= 0.6 is 12.4 Å². The van der Waals surface area contributed by atoms with E-state index in [0.717, 1.165) is 17.4 Å². The summed E-state index contributed by atoms with van der Waals surface area (Å²) in [5.74, 6) is 2.60. The average Bonchev–Trinajstić information content (AvgIpc) is 2.60. The van der Waals surface area contributed by atoms with Crippen molar-refractivity contribution in [3.8, 4) is 11.5 Å². The summed E-state index contributed by atoms with van der Waals surface area (Å²) in [4.78, 5) is 2.58. The van der Waals surface area contributed by atoms with Gasteiger partial charge in [0.1, 0.15) is 11.5 Å². The fourth-order valence-electron chi connectivity index (χ4n) is 3.70. The smallest absolute Gasteiger partial charge is 0.127 e. The number of hydrogen-bond acceptors (Lipinski definition) is 3. The molecule has 0 spiro atoms. The number of benzene rings is 2. The summed E-state index contributed by atoms with van der Waals surface area (Å²) < 4.78 is 5.89. The van der Waals surface area contributed by atoms with Crippen molar-refractivity contribution in [2.45, 2.75) is 25.8 Å². The summed E-state index contributed by atoms with van der Waals surface area (Å²) in [6.45, 7) is 5.84. The molecule has 3 fully saturated rings. The first-order chi connectivity index (χ1) is 11.3. The van der Waals surface area contributed by atoms with Crippen LogP contribution in [0.3, 0.4) is 0 Å². The molecule has 0 aromatic heterocycles. The van der Waals surface area contributed by atoms with E-state index in [2.05, 4.69) is 41.4 Å². The van der Waals surface area contributed by atoms with Crippen LogP contribution in [0.15, 0.2) is 48.5 Å². The van der Waals surface area contributed by atoms with Gasteiger partial charge in [-0.25, -0.2) is 0 Å². The number of piperidine rings is 3. The first-order valence-electron chi connectivity index (χ1n) is 8.60. The fourth-order valence-corrected chi connectivity index (χ4v) is 3.70. The van der Waals surface area contributed by atoms with E-state index in [9.17, 15) is 0 Å². The minimum Gasteiger partial charge on any atom is -0.457 e. The third kappa shape index (κ3) is 3.85. The summed E-state index contributed by atoms with van der Waals surface area (Å²) in [6.07, 6.45) is 2.68. The molecular weight excluding hydrogens is 320 g/mol. The standard InChI is InChI=1S/C20H24N2O.ClH/c1-15-2-6-18(7-3-15)23-19-8-4-17(5-9-19)21-20-14-22-12-10-16(20)11-13-22;/h2-9,16,20-21H,10-14H2,1H3;1H. The minimum absolute atomic E-state index is 0. The Morgan fingerprint density at radius 3 is 2.04 bits per heavy atom. The van der Waals surface area contributed by atoms with Crippen molar-refractivity contribution in [1.29, 1.82) is 0 Å². The van der Waals surface area contributed by atoms with Crippen molar-refractivity contribution in [2.75, 3.05) is 25.0 Å². The monoisotopic (exact) mass is 344 g/mol. The van der Waals surface area contributed by atoms with Crippen molar-refractivity contribution in [3.63, 3.8) is 0 Å². The van der Waals surface area contributed by atoms with Gasteiger partial charge in [-0.2, -0.15) is 0 Å². The molecule has 0 radical (unpaired) electrons. The number of hydrogen-bond donors (Lipinski definition) is 1. The van der Waals surface area contributed by atoms with Gasteiger partial charge < -0.3 is 15.0 Å². The molecule has 128 valence electrons. The van der Waals surface area contributed by atoms with E-state index < -0.39 is 0 Å². The molecule has 3 heterocycles. The maximum atomic E-state index is 5.89. The summed E-state index contributed by atoms with van der Waals surface area (Å²) in [7, 11) is 0. The predicted octanol–water partition coefficient (Wildman–Crippen LogP) is 4.72. The van der Waals surface area contributed by atoms with E-state index in [4.69, 9.17) is 4.74 Å². The van der Waals surface area contributed by atoms with Gasteiger partial charge in [0.05, 0.1) is 0 Å². The van der Waals surface area contributed by atoms with Gasteiger partial charge >= 0.3 is 0 Å². The molecule has 5 rings (SSSR count). The van der Waals surface area contributed by atoms with Crippen molar-refractivity contribution >= 4 is 18.1 Å². The van der Waals surface area contributed by atoms with Crippen LogP contribution in [-0.2, 0) is 0 Å². The van der Waals surface area contributed by atoms with Crippen LogP contribution in [-0.4, -0.2) is 30.6 Å². The topological polar surface area (TPSA) is 24.5 Å². The Labute approximate surface area is 150 Å². The molecule has 2 aromatic carbocycles. The molecule has 3 aliphatic heterocycles. The first kappa shape index (κ1) is 17.1. The van der Waals surface area contributed by atoms with Gasteiger partial charge in [0.15, 0.2) is 0 Å². The Bertz CT molecular complexity index is 648. The third-order valence-corrected chi connectivity index (χ3v) is 5.12. The molecule has 3 aliphatic rings. The molecule has 2 aromatic rings. The number of aryl methyl sites for hydroxylation is 1. The van der Waals surface area contributed by atoms with E-state index in [0.29, 0.717) is 6.04 Å². The lowest BCUT2D eigenvalue weighted by atomic mass is 9.84. The van der Waals surface area contributed by atoms with Crippen LogP contribution in [0.4, 0.5) is 5.69 Å². The number of nitrogens with zero attached hydrogens (tertiary/aromatic N) is 1. The second-order valence-electron chi connectivity index (χ2n) is 6.83. The fraction of sp³-hybridized carbons (Fsp3) is 0.400. The molecule has 0 aliphatic carbocycles. The van der Waals surface area contributed by atoms with Crippen LogP contribution in [0, 0.1) is 12.8 Å². The molecule has 1 N–H and O–H groups in total. The van der Waals surface area contributed by atoms with E-state index >= 15 is 0 Å². The quantitative estimate of drug-likeness (QED) is 0.868. The second kappa shape index (κ2) is 7.45. The van der Waals surface area contributed by atoms with Gasteiger partial charge in [0.2, 0.25) is 0 Å². The number of fused-ring (bicyclic) bond motifs is 3. The molecular formula is C20H25ClN2O. The zero-order chi connectivity index (χ0) is 15.6. The zero-order valence-electron chi connectivity index (χ0n) is 14.1. The van der Waals surface area contributed by atoms with Gasteiger partial charge in [0.25, 0.3) is 0 Å². The first-order valence-corrected chi connectivity index (χ1v) is 8.60. The van der Waals surface area contributed by atoms with E-state index in [1.807, 2.05) is 24.3 Å². The van der Waals surface area contributed by atoms with Crippen LogP contribution in [0.2, 0.25) is 0 Å². The number of nitrogens with one attached hydrogen (secondary N) is 1. The molecule has 1 unspecified atom stereocenters. The highest BCUT2D eigenvalue weighted by Gasteiger charge is 2.33. The van der Waals surface area contributed by atoms with Gasteiger partial charge in [-0.05, 0) is 75.2 Å². The SMILES string of the molecule is Cc1ccc(Oc2ccc(NC3CN4CCC3CC4)cc2)cc1.Cl. The average molecular weight is 345 g/mol. The third-order valence-electron chi connectivity index (χ3n) is 5.12. The Morgan fingerprint density at radius 2 is 1.50 bits per heavy atom. The van der Waals surface area contributed by atoms with Crippen molar-refractivity contribution in [3.05, 3.63) is 54.1 Å². The Hall–Kier alpha value is -1.71. The van der Waals surface area contributed by atoms with E-state index in [1.165, 1.54) is 43.7 Å². The lowest BCUT2D eigenvalue weighted by Gasteiger charge is -2.45. The van der Waals surface area contributed by atoms with Gasteiger partial charge in [-0.3, -0.25) is 0 Å². The largest absolute Gasteiger partial charge is 0.457 e. The summed E-state index contributed by atoms with van der Waals surface area (Å²) in [5.41, 5.74) is 2.44. The second-order valence-corrected chi connectivity index (χ2v) is 6.83. The minimum atomic E-state index is 0. The molecule has 3 nitrogen and oxygen atoms in total.